The number of sulfonamides is 2. The van der Waals surface area contributed by atoms with Crippen LogP contribution >= 0.6 is 0 Å². The Morgan fingerprint density at radius 3 is 2.32 bits per heavy atom. The summed E-state index contributed by atoms with van der Waals surface area (Å²) in [5.41, 5.74) is 3.05. The second kappa shape index (κ2) is 6.35. The van der Waals surface area contributed by atoms with Crippen molar-refractivity contribution in [2.24, 2.45) is 8.80 Å². The molecule has 0 radical (unpaired) electrons. The minimum absolute atomic E-state index is 0.0976. The van der Waals surface area contributed by atoms with Gasteiger partial charge in [-0.2, -0.15) is 25.6 Å². The summed E-state index contributed by atoms with van der Waals surface area (Å²) in [5.74, 6) is 0. The first-order chi connectivity index (χ1) is 13.2. The van der Waals surface area contributed by atoms with Crippen LogP contribution in [0.15, 0.2) is 84.8 Å². The number of hydrogen-bond acceptors (Lipinski definition) is 4. The van der Waals surface area contributed by atoms with Gasteiger partial charge in [-0.15, -0.1) is 0 Å². The molecule has 0 aromatic heterocycles. The van der Waals surface area contributed by atoms with E-state index in [0.717, 1.165) is 5.56 Å². The van der Waals surface area contributed by atoms with Crippen LogP contribution in [0.1, 0.15) is 18.1 Å². The average molecular weight is 412 g/mol. The lowest BCUT2D eigenvalue weighted by atomic mass is 9.90. The second-order valence-electron chi connectivity index (χ2n) is 6.60. The smallest absolute Gasteiger partial charge is 0.199 e. The fourth-order valence-corrected chi connectivity index (χ4v) is 5.38. The molecule has 1 aliphatic heterocycles. The van der Waals surface area contributed by atoms with Gasteiger partial charge in [0, 0.05) is 11.1 Å². The fourth-order valence-electron chi connectivity index (χ4n) is 3.12. The SMILES string of the molecule is CC1=C/C(=N\S(=O)(=O)c2ccc(C)cc2)C=C2C1=NS(=O)(=O)c1ccccc12. The molecule has 0 unspecified atom stereocenters. The summed E-state index contributed by atoms with van der Waals surface area (Å²) in [7, 11) is -7.69. The molecule has 6 nitrogen and oxygen atoms in total. The van der Waals surface area contributed by atoms with Crippen LogP contribution in [-0.2, 0) is 20.0 Å². The predicted octanol–water partition coefficient (Wildman–Crippen LogP) is 3.31. The molecule has 0 spiro atoms. The van der Waals surface area contributed by atoms with E-state index in [1.165, 1.54) is 24.3 Å². The first-order valence-corrected chi connectivity index (χ1v) is 11.3. The molecular formula is C20H16N2O4S2. The van der Waals surface area contributed by atoms with Crippen LogP contribution in [0.3, 0.4) is 0 Å². The summed E-state index contributed by atoms with van der Waals surface area (Å²) in [5, 5.41) is 0. The van der Waals surface area contributed by atoms with Crippen LogP contribution in [0.5, 0.6) is 0 Å². The van der Waals surface area contributed by atoms with Gasteiger partial charge in [-0.1, -0.05) is 35.9 Å². The van der Waals surface area contributed by atoms with Gasteiger partial charge in [0.05, 0.1) is 21.2 Å². The van der Waals surface area contributed by atoms with Crippen molar-refractivity contribution in [3.63, 3.8) is 0 Å². The molecule has 2 aromatic carbocycles. The highest BCUT2D eigenvalue weighted by Crippen LogP contribution is 2.35. The topological polar surface area (TPSA) is 93.0 Å². The van der Waals surface area contributed by atoms with E-state index in [4.69, 9.17) is 0 Å². The number of aryl methyl sites for hydroxylation is 1. The Labute approximate surface area is 163 Å². The lowest BCUT2D eigenvalue weighted by molar-refractivity contribution is 0.596. The first-order valence-electron chi connectivity index (χ1n) is 8.44. The molecule has 2 aliphatic rings. The van der Waals surface area contributed by atoms with Gasteiger partial charge < -0.3 is 0 Å². The van der Waals surface area contributed by atoms with Gasteiger partial charge >= 0.3 is 0 Å². The van der Waals surface area contributed by atoms with Crippen molar-refractivity contribution in [3.8, 4) is 0 Å². The van der Waals surface area contributed by atoms with Crippen molar-refractivity contribution < 1.29 is 16.8 Å². The van der Waals surface area contributed by atoms with Crippen LogP contribution in [0.4, 0.5) is 0 Å². The lowest BCUT2D eigenvalue weighted by Gasteiger charge is -2.22. The monoisotopic (exact) mass is 412 g/mol. The zero-order valence-corrected chi connectivity index (χ0v) is 16.8. The van der Waals surface area contributed by atoms with Gasteiger partial charge in [0.15, 0.2) is 0 Å². The molecule has 4 rings (SSSR count). The zero-order valence-electron chi connectivity index (χ0n) is 15.1. The zero-order chi connectivity index (χ0) is 20.1. The molecular weight excluding hydrogens is 396 g/mol. The molecule has 28 heavy (non-hydrogen) atoms. The summed E-state index contributed by atoms with van der Waals surface area (Å²) in [4.78, 5) is 0.196. The highest BCUT2D eigenvalue weighted by Gasteiger charge is 2.31. The number of rotatable bonds is 2. The van der Waals surface area contributed by atoms with Crippen molar-refractivity contribution in [1.29, 1.82) is 0 Å². The van der Waals surface area contributed by atoms with E-state index in [1.807, 2.05) is 6.92 Å². The molecule has 8 heteroatoms. The lowest BCUT2D eigenvalue weighted by Crippen LogP contribution is -2.20. The molecule has 0 fully saturated rings. The summed E-state index contributed by atoms with van der Waals surface area (Å²) >= 11 is 0. The number of fused-ring (bicyclic) bond motifs is 3. The average Bonchev–Trinajstić information content (AvgIpc) is 2.63. The van der Waals surface area contributed by atoms with Crippen LogP contribution in [0.2, 0.25) is 0 Å². The molecule has 1 aliphatic carbocycles. The summed E-state index contributed by atoms with van der Waals surface area (Å²) in [6.07, 6.45) is 3.09. The Morgan fingerprint density at radius 1 is 0.929 bits per heavy atom. The molecule has 0 atom stereocenters. The van der Waals surface area contributed by atoms with E-state index < -0.39 is 20.0 Å². The minimum Gasteiger partial charge on any atom is -0.199 e. The second-order valence-corrected chi connectivity index (χ2v) is 9.78. The van der Waals surface area contributed by atoms with E-state index in [2.05, 4.69) is 8.80 Å². The van der Waals surface area contributed by atoms with Gasteiger partial charge in [-0.05, 0) is 49.8 Å². The third-order valence-corrected chi connectivity index (χ3v) is 7.15. The number of nitrogens with zero attached hydrogens (tertiary/aromatic N) is 2. The predicted molar refractivity (Wildman–Crippen MR) is 109 cm³/mol. The van der Waals surface area contributed by atoms with Crippen LogP contribution < -0.4 is 0 Å². The Bertz CT molecular complexity index is 1330. The molecule has 0 N–H and O–H groups in total. The maximum absolute atomic E-state index is 12.7. The maximum Gasteiger partial charge on any atom is 0.283 e. The Balaban J connectivity index is 1.87. The highest BCUT2D eigenvalue weighted by atomic mass is 32.2. The molecule has 0 amide bonds. The molecule has 0 saturated carbocycles. The third-order valence-electron chi connectivity index (χ3n) is 4.50. The summed E-state index contributed by atoms with van der Waals surface area (Å²) in [6.45, 7) is 3.55. The van der Waals surface area contributed by atoms with Crippen molar-refractivity contribution in [3.05, 3.63) is 77.4 Å². The number of benzene rings is 2. The van der Waals surface area contributed by atoms with Gasteiger partial charge in [0.2, 0.25) is 0 Å². The van der Waals surface area contributed by atoms with Gasteiger partial charge in [-0.3, -0.25) is 0 Å². The van der Waals surface area contributed by atoms with Crippen LogP contribution in [-0.4, -0.2) is 28.3 Å². The van der Waals surface area contributed by atoms with Gasteiger partial charge in [-0.25, -0.2) is 0 Å². The quantitative estimate of drug-likeness (QED) is 0.708. The maximum atomic E-state index is 12.7. The Hall–Kier alpha value is -2.84. The standard InChI is InChI=1S/C20H16N2O4S2/c1-13-7-9-16(10-8-13)27(23,24)21-15-11-14(2)20-18(12-15)17-5-3-4-6-19(17)28(25,26)22-20/h3-12H,1-2H3/b21-15+. The van der Waals surface area contributed by atoms with Gasteiger partial charge in [0.25, 0.3) is 20.0 Å². The first kappa shape index (κ1) is 18.5. The molecule has 2 aromatic rings. The third kappa shape index (κ3) is 3.14. The molecule has 0 bridgehead atoms. The summed E-state index contributed by atoms with van der Waals surface area (Å²) in [6, 6.07) is 13.0. The van der Waals surface area contributed by atoms with Crippen molar-refractivity contribution in [2.75, 3.05) is 0 Å². The normalized spacial score (nSPS) is 19.2. The van der Waals surface area contributed by atoms with E-state index in [-0.39, 0.29) is 15.5 Å². The van der Waals surface area contributed by atoms with Crippen LogP contribution in [0, 0.1) is 6.92 Å². The van der Waals surface area contributed by atoms with Gasteiger partial charge in [0.1, 0.15) is 0 Å². The molecule has 0 saturated heterocycles. The van der Waals surface area contributed by atoms with E-state index in [0.29, 0.717) is 22.4 Å². The van der Waals surface area contributed by atoms with E-state index in [9.17, 15) is 16.8 Å². The number of allylic oxidation sites excluding steroid dienone is 4. The van der Waals surface area contributed by atoms with E-state index >= 15 is 0 Å². The molecule has 142 valence electrons. The summed E-state index contributed by atoms with van der Waals surface area (Å²) < 4.78 is 58.0. The van der Waals surface area contributed by atoms with Crippen LogP contribution in [0.25, 0.3) is 5.57 Å². The van der Waals surface area contributed by atoms with Crippen molar-refractivity contribution in [1.82, 2.24) is 0 Å². The van der Waals surface area contributed by atoms with Crippen molar-refractivity contribution >= 4 is 37.0 Å². The van der Waals surface area contributed by atoms with Crippen molar-refractivity contribution in [2.45, 2.75) is 23.6 Å². The minimum atomic E-state index is -3.90. The fraction of sp³-hybridized carbons (Fsp3) is 0.100. The molecule has 1 heterocycles. The Kier molecular flexibility index (Phi) is 4.20. The highest BCUT2D eigenvalue weighted by molar-refractivity contribution is 7.90. The largest absolute Gasteiger partial charge is 0.283 e. The number of hydrogen-bond donors (Lipinski definition) is 0. The van der Waals surface area contributed by atoms with E-state index in [1.54, 1.807) is 43.3 Å². The Morgan fingerprint density at radius 2 is 1.61 bits per heavy atom.